The summed E-state index contributed by atoms with van der Waals surface area (Å²) < 4.78 is 27.1. The van der Waals surface area contributed by atoms with E-state index in [1.54, 1.807) is 19.2 Å². The first kappa shape index (κ1) is 15.6. The number of hydrogen-bond acceptors (Lipinski definition) is 5. The molecule has 0 saturated carbocycles. The maximum absolute atomic E-state index is 12.3. The fourth-order valence-corrected chi connectivity index (χ4v) is 4.47. The van der Waals surface area contributed by atoms with Crippen molar-refractivity contribution in [2.45, 2.75) is 25.3 Å². The van der Waals surface area contributed by atoms with Crippen LogP contribution in [0.15, 0.2) is 28.6 Å². The SMILES string of the molecule is Cc1cccnc1CNS(=O)(=O)c1c(C)csc1C(=O)O. The summed E-state index contributed by atoms with van der Waals surface area (Å²) in [7, 11) is -3.90. The van der Waals surface area contributed by atoms with Crippen LogP contribution in [0.4, 0.5) is 0 Å². The summed E-state index contributed by atoms with van der Waals surface area (Å²) in [5, 5.41) is 10.6. The van der Waals surface area contributed by atoms with Gasteiger partial charge < -0.3 is 5.11 Å². The van der Waals surface area contributed by atoms with Gasteiger partial charge in [-0.15, -0.1) is 11.3 Å². The van der Waals surface area contributed by atoms with Crippen molar-refractivity contribution < 1.29 is 18.3 Å². The molecule has 0 unspecified atom stereocenters. The average molecular weight is 326 g/mol. The molecule has 2 N–H and O–H groups in total. The lowest BCUT2D eigenvalue weighted by Crippen LogP contribution is -2.25. The zero-order chi connectivity index (χ0) is 15.6. The number of nitrogens with zero attached hydrogens (tertiary/aromatic N) is 1. The first-order valence-corrected chi connectivity index (χ1v) is 8.40. The van der Waals surface area contributed by atoms with Crippen LogP contribution in [0.2, 0.25) is 0 Å². The van der Waals surface area contributed by atoms with E-state index in [9.17, 15) is 13.2 Å². The van der Waals surface area contributed by atoms with Crippen molar-refractivity contribution in [3.8, 4) is 0 Å². The van der Waals surface area contributed by atoms with E-state index in [4.69, 9.17) is 5.11 Å². The van der Waals surface area contributed by atoms with E-state index < -0.39 is 16.0 Å². The summed E-state index contributed by atoms with van der Waals surface area (Å²) in [5.74, 6) is -1.25. The van der Waals surface area contributed by atoms with Crippen LogP contribution in [0, 0.1) is 13.8 Å². The Morgan fingerprint density at radius 1 is 1.38 bits per heavy atom. The van der Waals surface area contributed by atoms with Crippen molar-refractivity contribution in [3.05, 3.63) is 45.4 Å². The standard InChI is InChI=1S/C13H14N2O4S2/c1-8-4-3-5-14-10(8)6-15-21(18,19)12-9(2)7-20-11(12)13(16)17/h3-5,7,15H,6H2,1-2H3,(H,16,17). The van der Waals surface area contributed by atoms with Crippen LogP contribution in [0.5, 0.6) is 0 Å². The lowest BCUT2D eigenvalue weighted by Gasteiger charge is -2.09. The Balaban J connectivity index is 2.30. The quantitative estimate of drug-likeness (QED) is 0.875. The molecule has 2 aromatic rings. The minimum atomic E-state index is -3.90. The number of aromatic carboxylic acids is 1. The molecule has 0 bridgehead atoms. The molecule has 2 heterocycles. The van der Waals surface area contributed by atoms with Crippen molar-refractivity contribution in [2.75, 3.05) is 0 Å². The van der Waals surface area contributed by atoms with Crippen LogP contribution in [0.25, 0.3) is 0 Å². The van der Waals surface area contributed by atoms with Crippen molar-refractivity contribution in [3.63, 3.8) is 0 Å². The van der Waals surface area contributed by atoms with E-state index in [0.29, 0.717) is 11.3 Å². The Hall–Kier alpha value is -1.77. The number of carbonyl (C=O) groups is 1. The largest absolute Gasteiger partial charge is 0.477 e. The Labute approximate surface area is 126 Å². The number of carboxylic acid groups (broad SMARTS) is 1. The predicted octanol–water partition coefficient (Wildman–Crippen LogP) is 1.94. The number of rotatable bonds is 5. The number of hydrogen-bond donors (Lipinski definition) is 2. The van der Waals surface area contributed by atoms with Gasteiger partial charge in [0.05, 0.1) is 12.2 Å². The number of pyridine rings is 1. The van der Waals surface area contributed by atoms with Crippen LogP contribution in [-0.2, 0) is 16.6 Å². The fraction of sp³-hybridized carbons (Fsp3) is 0.231. The molecule has 6 nitrogen and oxygen atoms in total. The second-order valence-electron chi connectivity index (χ2n) is 4.47. The number of nitrogens with one attached hydrogen (secondary N) is 1. The molecule has 8 heteroatoms. The van der Waals surface area contributed by atoms with Crippen molar-refractivity contribution in [2.24, 2.45) is 0 Å². The summed E-state index contributed by atoms with van der Waals surface area (Å²) in [4.78, 5) is 14.9. The highest BCUT2D eigenvalue weighted by Crippen LogP contribution is 2.26. The molecular weight excluding hydrogens is 312 g/mol. The van der Waals surface area contributed by atoms with Crippen LogP contribution in [-0.4, -0.2) is 24.5 Å². The third kappa shape index (κ3) is 3.29. The topological polar surface area (TPSA) is 96.4 Å². The molecule has 0 saturated heterocycles. The molecule has 0 amide bonds. The maximum Gasteiger partial charge on any atom is 0.347 e. The van der Waals surface area contributed by atoms with Crippen molar-refractivity contribution in [1.29, 1.82) is 0 Å². The van der Waals surface area contributed by atoms with Gasteiger partial charge in [-0.3, -0.25) is 4.98 Å². The molecule has 112 valence electrons. The minimum Gasteiger partial charge on any atom is -0.477 e. The van der Waals surface area contributed by atoms with Gasteiger partial charge in [-0.1, -0.05) is 6.07 Å². The summed E-state index contributed by atoms with van der Waals surface area (Å²) >= 11 is 0.902. The molecule has 0 fully saturated rings. The molecular formula is C13H14N2O4S2. The van der Waals surface area contributed by atoms with Crippen LogP contribution < -0.4 is 4.72 Å². The van der Waals surface area contributed by atoms with Gasteiger partial charge in [0.1, 0.15) is 9.77 Å². The Morgan fingerprint density at radius 2 is 2.10 bits per heavy atom. The second kappa shape index (κ2) is 5.92. The molecule has 21 heavy (non-hydrogen) atoms. The summed E-state index contributed by atoms with van der Waals surface area (Å²) in [6.07, 6.45) is 1.58. The Bertz CT molecular complexity index is 781. The zero-order valence-corrected chi connectivity index (χ0v) is 13.1. The lowest BCUT2D eigenvalue weighted by molar-refractivity contribution is 0.0698. The van der Waals surface area contributed by atoms with Gasteiger partial charge in [-0.05, 0) is 36.4 Å². The Kier molecular flexibility index (Phi) is 4.40. The van der Waals surface area contributed by atoms with Gasteiger partial charge in [0.2, 0.25) is 10.0 Å². The van der Waals surface area contributed by atoms with Gasteiger partial charge in [-0.25, -0.2) is 17.9 Å². The third-order valence-corrected chi connectivity index (χ3v) is 5.73. The van der Waals surface area contributed by atoms with Gasteiger partial charge in [0.15, 0.2) is 0 Å². The summed E-state index contributed by atoms with van der Waals surface area (Å²) in [6.45, 7) is 3.42. The molecule has 0 aromatic carbocycles. The van der Waals surface area contributed by atoms with E-state index in [0.717, 1.165) is 16.9 Å². The first-order chi connectivity index (χ1) is 9.83. The van der Waals surface area contributed by atoms with E-state index in [1.165, 1.54) is 5.38 Å². The summed E-state index contributed by atoms with van der Waals surface area (Å²) in [5.41, 5.74) is 1.88. The molecule has 0 aliphatic carbocycles. The minimum absolute atomic E-state index is 0.0172. The smallest absolute Gasteiger partial charge is 0.347 e. The molecule has 2 aromatic heterocycles. The molecule has 0 radical (unpaired) electrons. The summed E-state index contributed by atoms with van der Waals surface area (Å²) in [6, 6.07) is 3.59. The van der Waals surface area contributed by atoms with E-state index in [1.807, 2.05) is 13.0 Å². The van der Waals surface area contributed by atoms with E-state index in [2.05, 4.69) is 9.71 Å². The average Bonchev–Trinajstić information content (AvgIpc) is 2.81. The van der Waals surface area contributed by atoms with E-state index >= 15 is 0 Å². The predicted molar refractivity (Wildman–Crippen MR) is 79.0 cm³/mol. The normalized spacial score (nSPS) is 11.5. The second-order valence-corrected chi connectivity index (χ2v) is 7.06. The number of thiophene rings is 1. The highest BCUT2D eigenvalue weighted by Gasteiger charge is 2.26. The van der Waals surface area contributed by atoms with Crippen LogP contribution in [0.1, 0.15) is 26.5 Å². The number of sulfonamides is 1. The monoisotopic (exact) mass is 326 g/mol. The molecule has 0 aliphatic heterocycles. The van der Waals surface area contributed by atoms with Crippen molar-refractivity contribution >= 4 is 27.3 Å². The molecule has 2 rings (SSSR count). The van der Waals surface area contributed by atoms with Crippen LogP contribution >= 0.6 is 11.3 Å². The van der Waals surface area contributed by atoms with Gasteiger partial charge in [-0.2, -0.15) is 0 Å². The third-order valence-electron chi connectivity index (χ3n) is 2.93. The van der Waals surface area contributed by atoms with E-state index in [-0.39, 0.29) is 16.3 Å². The molecule has 0 aliphatic rings. The number of aryl methyl sites for hydroxylation is 2. The first-order valence-electron chi connectivity index (χ1n) is 6.04. The number of aromatic nitrogens is 1. The Morgan fingerprint density at radius 3 is 2.71 bits per heavy atom. The lowest BCUT2D eigenvalue weighted by atomic mass is 10.2. The van der Waals surface area contributed by atoms with Gasteiger partial charge in [0, 0.05) is 6.20 Å². The maximum atomic E-state index is 12.3. The van der Waals surface area contributed by atoms with Crippen LogP contribution in [0.3, 0.4) is 0 Å². The molecule has 0 spiro atoms. The van der Waals surface area contributed by atoms with Gasteiger partial charge in [0.25, 0.3) is 0 Å². The number of carboxylic acids is 1. The fourth-order valence-electron chi connectivity index (χ4n) is 1.85. The highest BCUT2D eigenvalue weighted by atomic mass is 32.2. The molecule has 0 atom stereocenters. The van der Waals surface area contributed by atoms with Gasteiger partial charge >= 0.3 is 5.97 Å². The zero-order valence-electron chi connectivity index (χ0n) is 11.5. The van der Waals surface area contributed by atoms with Crippen molar-refractivity contribution in [1.82, 2.24) is 9.71 Å². The highest BCUT2D eigenvalue weighted by molar-refractivity contribution is 7.89.